The molecular weight excluding hydrogens is 307 g/mol. The summed E-state index contributed by atoms with van der Waals surface area (Å²) in [5, 5.41) is 0. The van der Waals surface area contributed by atoms with Crippen LogP contribution in [0.3, 0.4) is 0 Å². The van der Waals surface area contributed by atoms with Crippen molar-refractivity contribution >= 4 is 5.91 Å². The molecule has 2 atom stereocenters. The van der Waals surface area contributed by atoms with Gasteiger partial charge in [0, 0.05) is 6.54 Å². The molecule has 0 bridgehead atoms. The fourth-order valence-electron chi connectivity index (χ4n) is 3.28. The fraction of sp³-hybridized carbons (Fsp3) is 0.588. The molecule has 1 saturated heterocycles. The number of ether oxygens (including phenoxy) is 1. The van der Waals surface area contributed by atoms with E-state index in [2.05, 4.69) is 0 Å². The first kappa shape index (κ1) is 17.6. The second kappa shape index (κ2) is 6.81. The molecule has 1 aromatic carbocycles. The highest BCUT2D eigenvalue weighted by molar-refractivity contribution is 5.82. The minimum absolute atomic E-state index is 0.0336. The first-order valence-electron chi connectivity index (χ1n) is 7.92. The molecular formula is C17H22F3NO2. The molecule has 1 fully saturated rings. The van der Waals surface area contributed by atoms with E-state index in [1.807, 2.05) is 0 Å². The fourth-order valence-corrected chi connectivity index (χ4v) is 3.28. The summed E-state index contributed by atoms with van der Waals surface area (Å²) in [5.41, 5.74) is -2.05. The monoisotopic (exact) mass is 329 g/mol. The molecule has 0 saturated carbocycles. The van der Waals surface area contributed by atoms with Crippen LogP contribution in [0.5, 0.6) is 5.75 Å². The Balaban J connectivity index is 2.19. The van der Waals surface area contributed by atoms with Crippen LogP contribution in [0.15, 0.2) is 30.3 Å². The summed E-state index contributed by atoms with van der Waals surface area (Å²) in [6.45, 7) is 3.33. The Kier molecular flexibility index (Phi) is 5.22. The normalized spacial score (nSPS) is 22.9. The van der Waals surface area contributed by atoms with Crippen LogP contribution in [0.25, 0.3) is 0 Å². The first-order valence-corrected chi connectivity index (χ1v) is 7.92. The van der Waals surface area contributed by atoms with E-state index in [-0.39, 0.29) is 19.4 Å². The average molecular weight is 329 g/mol. The van der Waals surface area contributed by atoms with Crippen molar-refractivity contribution in [2.24, 2.45) is 0 Å². The van der Waals surface area contributed by atoms with Crippen LogP contribution >= 0.6 is 0 Å². The predicted molar refractivity (Wildman–Crippen MR) is 81.2 cm³/mol. The number of amides is 1. The lowest BCUT2D eigenvalue weighted by molar-refractivity contribution is -0.227. The number of hydrogen-bond acceptors (Lipinski definition) is 2. The molecule has 3 nitrogen and oxygen atoms in total. The second-order valence-electron chi connectivity index (χ2n) is 5.95. The van der Waals surface area contributed by atoms with Crippen LogP contribution in [0.4, 0.5) is 13.2 Å². The molecule has 2 rings (SSSR count). The van der Waals surface area contributed by atoms with Gasteiger partial charge in [-0.25, -0.2) is 0 Å². The number of benzene rings is 1. The number of likely N-dealkylation sites (tertiary alicyclic amines) is 1. The van der Waals surface area contributed by atoms with Gasteiger partial charge in [0.2, 0.25) is 0 Å². The van der Waals surface area contributed by atoms with Gasteiger partial charge in [-0.1, -0.05) is 31.5 Å². The van der Waals surface area contributed by atoms with Crippen LogP contribution < -0.4 is 4.74 Å². The van der Waals surface area contributed by atoms with E-state index >= 15 is 0 Å². The molecule has 1 amide bonds. The van der Waals surface area contributed by atoms with Gasteiger partial charge in [0.05, 0.1) is 0 Å². The Morgan fingerprint density at radius 2 is 2.00 bits per heavy atom. The molecule has 23 heavy (non-hydrogen) atoms. The number of carbonyl (C=O) groups is 1. The molecule has 1 aliphatic rings. The maximum absolute atomic E-state index is 13.7. The van der Waals surface area contributed by atoms with E-state index in [1.165, 1.54) is 6.92 Å². The third-order valence-corrected chi connectivity index (χ3v) is 4.35. The van der Waals surface area contributed by atoms with Crippen molar-refractivity contribution in [2.45, 2.75) is 57.3 Å². The minimum atomic E-state index is -4.43. The predicted octanol–water partition coefficient (Wildman–Crippen LogP) is 4.18. The van der Waals surface area contributed by atoms with Crippen molar-refractivity contribution in [3.05, 3.63) is 30.3 Å². The molecule has 128 valence electrons. The minimum Gasteiger partial charge on any atom is -0.481 e. The highest BCUT2D eigenvalue weighted by atomic mass is 19.4. The number of hydrogen-bond donors (Lipinski definition) is 0. The molecule has 0 radical (unpaired) electrons. The van der Waals surface area contributed by atoms with Crippen molar-refractivity contribution in [3.63, 3.8) is 0 Å². The highest BCUT2D eigenvalue weighted by Crippen LogP contribution is 2.46. The van der Waals surface area contributed by atoms with Crippen molar-refractivity contribution in [3.8, 4) is 5.75 Å². The third kappa shape index (κ3) is 3.46. The highest BCUT2D eigenvalue weighted by Gasteiger charge is 2.61. The van der Waals surface area contributed by atoms with Gasteiger partial charge < -0.3 is 9.64 Å². The molecule has 1 heterocycles. The number of carbonyl (C=O) groups excluding carboxylic acids is 1. The molecule has 2 unspecified atom stereocenters. The maximum Gasteiger partial charge on any atom is 0.411 e. The number of para-hydroxylation sites is 1. The summed E-state index contributed by atoms with van der Waals surface area (Å²) in [5.74, 6) is -0.127. The Labute approximate surface area is 134 Å². The Hall–Kier alpha value is -1.72. The summed E-state index contributed by atoms with van der Waals surface area (Å²) in [7, 11) is 0. The van der Waals surface area contributed by atoms with Gasteiger partial charge in [-0.05, 0) is 38.3 Å². The van der Waals surface area contributed by atoms with E-state index in [9.17, 15) is 18.0 Å². The summed E-state index contributed by atoms with van der Waals surface area (Å²) in [6.07, 6.45) is -4.74. The lowest BCUT2D eigenvalue weighted by Crippen LogP contribution is -2.59. The standard InChI is InChI=1S/C17H22F3NO2/c1-3-10-16(17(18,19)20)11-7-12-21(16)15(22)13(2)23-14-8-5-4-6-9-14/h4-6,8-9,13H,3,7,10-12H2,1-2H3. The number of alkyl halides is 3. The number of nitrogens with zero attached hydrogens (tertiary/aromatic N) is 1. The van der Waals surface area contributed by atoms with Crippen LogP contribution in [-0.2, 0) is 4.79 Å². The number of halogens is 3. The molecule has 1 aromatic rings. The van der Waals surface area contributed by atoms with Crippen LogP contribution in [0.2, 0.25) is 0 Å². The first-order chi connectivity index (χ1) is 10.8. The molecule has 0 spiro atoms. The Bertz CT molecular complexity index is 532. The van der Waals surface area contributed by atoms with E-state index in [0.717, 1.165) is 4.90 Å². The van der Waals surface area contributed by atoms with Crippen LogP contribution in [0.1, 0.15) is 39.5 Å². The van der Waals surface area contributed by atoms with E-state index < -0.39 is 23.7 Å². The summed E-state index contributed by atoms with van der Waals surface area (Å²) >= 11 is 0. The molecule has 6 heteroatoms. The van der Waals surface area contributed by atoms with Crippen molar-refractivity contribution < 1.29 is 22.7 Å². The lowest BCUT2D eigenvalue weighted by Gasteiger charge is -2.41. The van der Waals surface area contributed by atoms with Crippen LogP contribution in [-0.4, -0.2) is 35.2 Å². The maximum atomic E-state index is 13.7. The van der Waals surface area contributed by atoms with E-state index in [1.54, 1.807) is 37.3 Å². The van der Waals surface area contributed by atoms with Gasteiger partial charge in [-0.15, -0.1) is 0 Å². The average Bonchev–Trinajstić information content (AvgIpc) is 2.92. The largest absolute Gasteiger partial charge is 0.481 e. The van der Waals surface area contributed by atoms with Gasteiger partial charge in [0.1, 0.15) is 11.3 Å². The molecule has 0 N–H and O–H groups in total. The third-order valence-electron chi connectivity index (χ3n) is 4.35. The van der Waals surface area contributed by atoms with Crippen molar-refractivity contribution in [2.75, 3.05) is 6.54 Å². The van der Waals surface area contributed by atoms with E-state index in [4.69, 9.17) is 4.74 Å². The summed E-state index contributed by atoms with van der Waals surface area (Å²) < 4.78 is 46.5. The van der Waals surface area contributed by atoms with E-state index in [0.29, 0.717) is 18.6 Å². The van der Waals surface area contributed by atoms with Gasteiger partial charge in [-0.3, -0.25) is 4.79 Å². The summed E-state index contributed by atoms with van der Waals surface area (Å²) in [4.78, 5) is 13.6. The zero-order valence-electron chi connectivity index (χ0n) is 13.4. The Morgan fingerprint density at radius 1 is 1.35 bits per heavy atom. The van der Waals surface area contributed by atoms with Gasteiger partial charge >= 0.3 is 6.18 Å². The van der Waals surface area contributed by atoms with Crippen molar-refractivity contribution in [1.29, 1.82) is 0 Å². The zero-order chi connectivity index (χ0) is 17.1. The Morgan fingerprint density at radius 3 is 2.57 bits per heavy atom. The number of rotatable bonds is 5. The molecule has 0 aliphatic carbocycles. The topological polar surface area (TPSA) is 29.5 Å². The smallest absolute Gasteiger partial charge is 0.411 e. The molecule has 0 aromatic heterocycles. The van der Waals surface area contributed by atoms with Gasteiger partial charge in [0.15, 0.2) is 6.10 Å². The van der Waals surface area contributed by atoms with Crippen LogP contribution in [0, 0.1) is 0 Å². The molecule has 1 aliphatic heterocycles. The second-order valence-corrected chi connectivity index (χ2v) is 5.95. The SMILES string of the molecule is CCCC1(C(F)(F)F)CCCN1C(=O)C(C)Oc1ccccc1. The van der Waals surface area contributed by atoms with Gasteiger partial charge in [-0.2, -0.15) is 13.2 Å². The van der Waals surface area contributed by atoms with Gasteiger partial charge in [0.25, 0.3) is 5.91 Å². The quantitative estimate of drug-likeness (QED) is 0.811. The van der Waals surface area contributed by atoms with Crippen molar-refractivity contribution in [1.82, 2.24) is 4.90 Å². The lowest BCUT2D eigenvalue weighted by atomic mass is 9.89. The zero-order valence-corrected chi connectivity index (χ0v) is 13.4. The summed E-state index contributed by atoms with van der Waals surface area (Å²) in [6, 6.07) is 8.66.